The molecule has 132 valence electrons. The molecule has 1 aromatic heterocycles. The number of rotatable bonds is 8. The second-order valence-corrected chi connectivity index (χ2v) is 6.74. The van der Waals surface area contributed by atoms with E-state index in [0.29, 0.717) is 12.5 Å². The lowest BCUT2D eigenvalue weighted by Crippen LogP contribution is -2.16. The minimum atomic E-state index is -0.250. The lowest BCUT2D eigenvalue weighted by atomic mass is 9.93. The third kappa shape index (κ3) is 4.43. The van der Waals surface area contributed by atoms with Crippen molar-refractivity contribution >= 4 is 10.9 Å². The second kappa shape index (κ2) is 8.21. The van der Waals surface area contributed by atoms with Gasteiger partial charge in [-0.1, -0.05) is 43.7 Å². The van der Waals surface area contributed by atoms with E-state index in [1.54, 1.807) is 0 Å². The quantitative estimate of drug-likeness (QED) is 0.601. The van der Waals surface area contributed by atoms with Gasteiger partial charge in [0.15, 0.2) is 0 Å². The van der Waals surface area contributed by atoms with Crippen molar-refractivity contribution in [3.8, 4) is 5.75 Å². The Labute approximate surface area is 149 Å². The molecule has 0 aliphatic rings. The average molecular weight is 337 g/mol. The van der Waals surface area contributed by atoms with E-state index >= 15 is 0 Å². The largest absolute Gasteiger partial charge is 0.489 e. The molecule has 0 spiro atoms. The number of aliphatic hydroxyl groups is 1. The zero-order valence-corrected chi connectivity index (χ0v) is 15.0. The normalized spacial score (nSPS) is 13.7. The monoisotopic (exact) mass is 337 g/mol. The molecule has 0 saturated heterocycles. The maximum atomic E-state index is 9.85. The number of nitrogens with one attached hydrogen (secondary N) is 1. The van der Waals surface area contributed by atoms with Gasteiger partial charge in [-0.2, -0.15) is 0 Å². The summed E-state index contributed by atoms with van der Waals surface area (Å²) in [4.78, 5) is 3.34. The van der Waals surface area contributed by atoms with Gasteiger partial charge in [0, 0.05) is 17.1 Å². The van der Waals surface area contributed by atoms with Crippen LogP contribution in [0.25, 0.3) is 10.9 Å². The highest BCUT2D eigenvalue weighted by Crippen LogP contribution is 2.27. The summed E-state index contributed by atoms with van der Waals surface area (Å²) in [7, 11) is 0. The lowest BCUT2D eigenvalue weighted by Gasteiger charge is -2.17. The number of fused-ring (bicyclic) bond motifs is 1. The number of aliphatic hydroxyl groups excluding tert-OH is 1. The molecule has 25 heavy (non-hydrogen) atoms. The van der Waals surface area contributed by atoms with Crippen LogP contribution < -0.4 is 4.74 Å². The van der Waals surface area contributed by atoms with Crippen molar-refractivity contribution in [3.63, 3.8) is 0 Å². The fourth-order valence-corrected chi connectivity index (χ4v) is 3.32. The molecule has 3 heteroatoms. The minimum Gasteiger partial charge on any atom is -0.489 e. The summed E-state index contributed by atoms with van der Waals surface area (Å²) in [5.41, 5.74) is 3.59. The first-order valence-corrected chi connectivity index (χ1v) is 9.12. The topological polar surface area (TPSA) is 45.2 Å². The number of ether oxygens (including phenoxy) is 1. The fourth-order valence-electron chi connectivity index (χ4n) is 3.32. The molecule has 2 unspecified atom stereocenters. The Hall–Kier alpha value is -2.26. The van der Waals surface area contributed by atoms with E-state index in [-0.39, 0.29) is 6.10 Å². The van der Waals surface area contributed by atoms with Crippen LogP contribution in [0.5, 0.6) is 5.75 Å². The Bertz CT molecular complexity index is 792. The van der Waals surface area contributed by atoms with Crippen LogP contribution in [0.4, 0.5) is 0 Å². The van der Waals surface area contributed by atoms with Gasteiger partial charge in [0.2, 0.25) is 0 Å². The number of hydrogen-bond acceptors (Lipinski definition) is 2. The summed E-state index contributed by atoms with van der Waals surface area (Å²) in [5, 5.41) is 11.1. The van der Waals surface area contributed by atoms with Crippen molar-refractivity contribution in [2.45, 2.75) is 45.8 Å². The van der Waals surface area contributed by atoms with Crippen molar-refractivity contribution in [2.75, 3.05) is 0 Å². The van der Waals surface area contributed by atoms with Gasteiger partial charge in [-0.05, 0) is 55.0 Å². The van der Waals surface area contributed by atoms with E-state index < -0.39 is 0 Å². The lowest BCUT2D eigenvalue weighted by molar-refractivity contribution is 0.118. The molecule has 3 aromatic rings. The summed E-state index contributed by atoms with van der Waals surface area (Å²) in [6, 6.07) is 16.4. The molecule has 0 aliphatic heterocycles. The number of aromatic nitrogens is 1. The van der Waals surface area contributed by atoms with E-state index in [2.05, 4.69) is 42.4 Å². The van der Waals surface area contributed by atoms with Crippen LogP contribution in [-0.4, -0.2) is 16.2 Å². The molecule has 2 atom stereocenters. The van der Waals surface area contributed by atoms with Crippen LogP contribution in [0.1, 0.15) is 37.8 Å². The van der Waals surface area contributed by atoms with Gasteiger partial charge in [0.1, 0.15) is 12.4 Å². The molecule has 0 radical (unpaired) electrons. The minimum absolute atomic E-state index is 0.250. The third-order valence-electron chi connectivity index (χ3n) is 4.98. The molecule has 0 bridgehead atoms. The molecule has 3 nitrogen and oxygen atoms in total. The highest BCUT2D eigenvalue weighted by Gasteiger charge is 2.14. The van der Waals surface area contributed by atoms with Crippen LogP contribution >= 0.6 is 0 Å². The van der Waals surface area contributed by atoms with Crippen molar-refractivity contribution in [3.05, 3.63) is 65.9 Å². The van der Waals surface area contributed by atoms with Crippen molar-refractivity contribution < 1.29 is 9.84 Å². The van der Waals surface area contributed by atoms with E-state index in [0.717, 1.165) is 30.5 Å². The van der Waals surface area contributed by atoms with Gasteiger partial charge >= 0.3 is 0 Å². The molecule has 3 rings (SSSR count). The SMILES string of the molecule is CCC(CCc1c[nH]c2ccc(OCc3ccccc3)cc12)C(C)O. The Morgan fingerprint density at radius 1 is 1.12 bits per heavy atom. The molecular formula is C22H27NO2. The number of H-pyrrole nitrogens is 1. The van der Waals surface area contributed by atoms with Crippen LogP contribution in [0.2, 0.25) is 0 Å². The van der Waals surface area contributed by atoms with Crippen molar-refractivity contribution in [1.29, 1.82) is 0 Å². The maximum Gasteiger partial charge on any atom is 0.120 e. The number of hydrogen-bond donors (Lipinski definition) is 2. The van der Waals surface area contributed by atoms with Gasteiger partial charge in [0.05, 0.1) is 6.10 Å². The standard InChI is InChI=1S/C22H27NO2/c1-3-18(16(2)24)9-10-19-14-23-22-12-11-20(13-21(19)22)25-15-17-7-5-4-6-8-17/h4-8,11-14,16,18,23-24H,3,9-10,15H2,1-2H3. The van der Waals surface area contributed by atoms with Crippen molar-refractivity contribution in [1.82, 2.24) is 4.98 Å². The van der Waals surface area contributed by atoms with E-state index in [4.69, 9.17) is 4.74 Å². The number of benzene rings is 2. The molecule has 2 aromatic carbocycles. The van der Waals surface area contributed by atoms with Gasteiger partial charge in [0.25, 0.3) is 0 Å². The summed E-state index contributed by atoms with van der Waals surface area (Å²) in [6.45, 7) is 4.60. The number of aromatic amines is 1. The molecule has 0 amide bonds. The Morgan fingerprint density at radius 2 is 1.92 bits per heavy atom. The van der Waals surface area contributed by atoms with Crippen molar-refractivity contribution in [2.24, 2.45) is 5.92 Å². The van der Waals surface area contributed by atoms with Gasteiger partial charge in [-0.15, -0.1) is 0 Å². The Kier molecular flexibility index (Phi) is 5.77. The molecule has 1 heterocycles. The van der Waals surface area contributed by atoms with Crippen LogP contribution in [0.3, 0.4) is 0 Å². The zero-order valence-electron chi connectivity index (χ0n) is 15.0. The summed E-state index contributed by atoms with van der Waals surface area (Å²) in [6.07, 6.45) is 4.80. The van der Waals surface area contributed by atoms with Gasteiger partial charge < -0.3 is 14.8 Å². The van der Waals surface area contributed by atoms with E-state index in [1.165, 1.54) is 16.5 Å². The third-order valence-corrected chi connectivity index (χ3v) is 4.98. The first kappa shape index (κ1) is 17.6. The summed E-state index contributed by atoms with van der Waals surface area (Å²) < 4.78 is 5.96. The Balaban J connectivity index is 1.70. The fraction of sp³-hybridized carbons (Fsp3) is 0.364. The molecule has 0 aliphatic carbocycles. The zero-order chi connectivity index (χ0) is 17.6. The van der Waals surface area contributed by atoms with Gasteiger partial charge in [-0.25, -0.2) is 0 Å². The maximum absolute atomic E-state index is 9.85. The second-order valence-electron chi connectivity index (χ2n) is 6.74. The highest BCUT2D eigenvalue weighted by molar-refractivity contribution is 5.84. The van der Waals surface area contributed by atoms with E-state index in [9.17, 15) is 5.11 Å². The average Bonchev–Trinajstić information content (AvgIpc) is 3.03. The Morgan fingerprint density at radius 3 is 2.64 bits per heavy atom. The summed E-state index contributed by atoms with van der Waals surface area (Å²) in [5.74, 6) is 1.24. The predicted molar refractivity (Wildman–Crippen MR) is 103 cm³/mol. The first-order chi connectivity index (χ1) is 12.2. The molecule has 2 N–H and O–H groups in total. The highest BCUT2D eigenvalue weighted by atomic mass is 16.5. The number of aryl methyl sites for hydroxylation is 1. The van der Waals surface area contributed by atoms with Gasteiger partial charge in [-0.3, -0.25) is 0 Å². The van der Waals surface area contributed by atoms with Crippen LogP contribution in [0, 0.1) is 5.92 Å². The molecular weight excluding hydrogens is 310 g/mol. The molecule has 0 saturated carbocycles. The van der Waals surface area contributed by atoms with E-state index in [1.807, 2.05) is 31.2 Å². The van der Waals surface area contributed by atoms with Crippen LogP contribution in [-0.2, 0) is 13.0 Å². The first-order valence-electron chi connectivity index (χ1n) is 9.12. The predicted octanol–water partition coefficient (Wildman–Crippen LogP) is 5.09. The smallest absolute Gasteiger partial charge is 0.120 e. The molecule has 0 fully saturated rings. The summed E-state index contributed by atoms with van der Waals surface area (Å²) >= 11 is 0. The van der Waals surface area contributed by atoms with Crippen LogP contribution in [0.15, 0.2) is 54.7 Å².